The first-order chi connectivity index (χ1) is 17.5. The molecule has 0 aromatic heterocycles. The first-order valence-corrected chi connectivity index (χ1v) is 14.3. The van der Waals surface area contributed by atoms with Crippen molar-refractivity contribution >= 4 is 23.7 Å². The zero-order valence-electron chi connectivity index (χ0n) is 23.8. The number of unbranched alkanes of at least 4 members (excludes halogenated alkanes) is 2. The number of hydrogen-bond acceptors (Lipinski definition) is 8. The Morgan fingerprint density at radius 1 is 0.946 bits per heavy atom. The number of carbonyl (C=O) groups excluding carboxylic acids is 2. The molecule has 0 saturated carbocycles. The number of carbonyl (C=O) groups is 2. The standard InChI is InChI=1S/C29H46O7S/c1-9-11-15-32-25-23(18-34-20(4)30)36-28(27(33-16-12-10-2)26(25)35-21(5)31)37-24-17-22(29(6,7)8)14-13-19(24)3/h13-14,17,23,25-28H,9-12,15-16,18H2,1-8H3/t23?,25-,26?,27+,28+/m1/s1. The summed E-state index contributed by atoms with van der Waals surface area (Å²) in [4.78, 5) is 25.0. The molecule has 7 nitrogen and oxygen atoms in total. The lowest BCUT2D eigenvalue weighted by atomic mass is 9.87. The minimum atomic E-state index is -0.705. The Morgan fingerprint density at radius 3 is 2.11 bits per heavy atom. The zero-order chi connectivity index (χ0) is 27.6. The fourth-order valence-corrected chi connectivity index (χ4v) is 5.32. The van der Waals surface area contributed by atoms with Crippen molar-refractivity contribution in [3.05, 3.63) is 29.3 Å². The van der Waals surface area contributed by atoms with Crippen LogP contribution in [0.15, 0.2) is 23.1 Å². The molecule has 0 spiro atoms. The Balaban J connectivity index is 2.48. The third kappa shape index (κ3) is 9.89. The molecule has 0 radical (unpaired) electrons. The van der Waals surface area contributed by atoms with Crippen LogP contribution in [0, 0.1) is 6.92 Å². The highest BCUT2D eigenvalue weighted by atomic mass is 32.2. The number of hydrogen-bond donors (Lipinski definition) is 0. The van der Waals surface area contributed by atoms with E-state index in [1.54, 1.807) is 11.8 Å². The van der Waals surface area contributed by atoms with Crippen molar-refractivity contribution in [1.82, 2.24) is 0 Å². The van der Waals surface area contributed by atoms with Gasteiger partial charge < -0.3 is 23.7 Å². The van der Waals surface area contributed by atoms with Gasteiger partial charge in [-0.1, -0.05) is 71.4 Å². The average Bonchev–Trinajstić information content (AvgIpc) is 2.81. The molecule has 37 heavy (non-hydrogen) atoms. The predicted molar refractivity (Wildman–Crippen MR) is 146 cm³/mol. The lowest BCUT2D eigenvalue weighted by Gasteiger charge is -2.45. The minimum Gasteiger partial charge on any atom is -0.463 e. The molecular weight excluding hydrogens is 492 g/mol. The molecule has 0 N–H and O–H groups in total. The highest BCUT2D eigenvalue weighted by Gasteiger charge is 2.50. The monoisotopic (exact) mass is 538 g/mol. The van der Waals surface area contributed by atoms with E-state index in [4.69, 9.17) is 23.7 Å². The molecule has 5 atom stereocenters. The predicted octanol–water partition coefficient (Wildman–Crippen LogP) is 5.97. The molecular formula is C29H46O7S. The lowest BCUT2D eigenvalue weighted by molar-refractivity contribution is -0.242. The molecule has 2 unspecified atom stereocenters. The number of thioether (sulfide) groups is 1. The van der Waals surface area contributed by atoms with Crippen molar-refractivity contribution in [2.24, 2.45) is 0 Å². The summed E-state index contributed by atoms with van der Waals surface area (Å²) in [7, 11) is 0. The van der Waals surface area contributed by atoms with E-state index in [1.807, 2.05) is 0 Å². The third-order valence-corrected chi connectivity index (χ3v) is 7.56. The van der Waals surface area contributed by atoms with Crippen LogP contribution in [-0.2, 0) is 38.7 Å². The topological polar surface area (TPSA) is 80.3 Å². The molecule has 1 aromatic rings. The van der Waals surface area contributed by atoms with E-state index in [0.29, 0.717) is 13.2 Å². The van der Waals surface area contributed by atoms with Crippen LogP contribution in [0.5, 0.6) is 0 Å². The molecule has 1 aromatic carbocycles. The molecule has 1 aliphatic rings. The SMILES string of the molecule is CCCCO[C@@H]1C(COC(C)=O)O[C@@H](Sc2cc(C(C)(C)C)ccc2C)[C@@H](OCCCC)C1OC(C)=O. The van der Waals surface area contributed by atoms with Crippen molar-refractivity contribution in [3.8, 4) is 0 Å². The van der Waals surface area contributed by atoms with Gasteiger partial charge in [0.1, 0.15) is 30.4 Å². The number of benzene rings is 1. The van der Waals surface area contributed by atoms with E-state index in [9.17, 15) is 9.59 Å². The van der Waals surface area contributed by atoms with Crippen molar-refractivity contribution in [3.63, 3.8) is 0 Å². The Bertz CT molecular complexity index is 866. The van der Waals surface area contributed by atoms with Gasteiger partial charge in [0.15, 0.2) is 6.10 Å². The van der Waals surface area contributed by atoms with Gasteiger partial charge in [0.25, 0.3) is 0 Å². The van der Waals surface area contributed by atoms with E-state index in [-0.39, 0.29) is 12.0 Å². The second kappa shape index (κ2) is 15.1. The molecule has 0 amide bonds. The largest absolute Gasteiger partial charge is 0.463 e. The van der Waals surface area contributed by atoms with Gasteiger partial charge in [-0.15, -0.1) is 0 Å². The van der Waals surface area contributed by atoms with E-state index >= 15 is 0 Å². The first kappa shape index (κ1) is 31.6. The van der Waals surface area contributed by atoms with E-state index in [1.165, 1.54) is 19.4 Å². The molecule has 0 bridgehead atoms. The summed E-state index contributed by atoms with van der Waals surface area (Å²) in [5.41, 5.74) is 1.83. The Hall–Kier alpha value is -1.61. The Labute approximate surface area is 227 Å². The summed E-state index contributed by atoms with van der Waals surface area (Å²) in [5, 5.41) is 0. The van der Waals surface area contributed by atoms with Gasteiger partial charge in [-0.3, -0.25) is 9.59 Å². The number of esters is 2. The molecule has 2 rings (SSSR count). The highest BCUT2D eigenvalue weighted by Crippen LogP contribution is 2.40. The second-order valence-electron chi connectivity index (χ2n) is 10.6. The van der Waals surface area contributed by atoms with Gasteiger partial charge in [-0.05, 0) is 42.4 Å². The summed E-state index contributed by atoms with van der Waals surface area (Å²) in [6.07, 6.45) is 1.16. The molecule has 8 heteroatoms. The minimum absolute atomic E-state index is 0.00361. The summed E-state index contributed by atoms with van der Waals surface area (Å²) in [6, 6.07) is 6.46. The van der Waals surface area contributed by atoms with Crippen LogP contribution in [0.25, 0.3) is 0 Å². The highest BCUT2D eigenvalue weighted by molar-refractivity contribution is 7.99. The maximum atomic E-state index is 12.2. The van der Waals surface area contributed by atoms with E-state index < -0.39 is 41.8 Å². The van der Waals surface area contributed by atoms with Gasteiger partial charge in [-0.25, -0.2) is 0 Å². The second-order valence-corrected chi connectivity index (χ2v) is 11.8. The van der Waals surface area contributed by atoms with Crippen molar-refractivity contribution in [2.75, 3.05) is 19.8 Å². The van der Waals surface area contributed by atoms with Crippen LogP contribution in [0.1, 0.15) is 85.3 Å². The quantitative estimate of drug-likeness (QED) is 0.224. The summed E-state index contributed by atoms with van der Waals surface area (Å²) in [6.45, 7) is 16.6. The third-order valence-electron chi connectivity index (χ3n) is 6.26. The number of aryl methyl sites for hydroxylation is 1. The van der Waals surface area contributed by atoms with Crippen LogP contribution in [0.4, 0.5) is 0 Å². The molecule has 0 aliphatic carbocycles. The van der Waals surface area contributed by atoms with Gasteiger partial charge in [0.2, 0.25) is 0 Å². The van der Waals surface area contributed by atoms with E-state index in [2.05, 4.69) is 59.7 Å². The molecule has 1 aliphatic heterocycles. The van der Waals surface area contributed by atoms with Gasteiger partial charge in [0, 0.05) is 32.0 Å². The fourth-order valence-electron chi connectivity index (χ4n) is 4.06. The van der Waals surface area contributed by atoms with Crippen LogP contribution in [0.2, 0.25) is 0 Å². The molecule has 1 fully saturated rings. The maximum absolute atomic E-state index is 12.2. The van der Waals surface area contributed by atoms with E-state index in [0.717, 1.165) is 36.1 Å². The summed E-state index contributed by atoms with van der Waals surface area (Å²) < 4.78 is 30.4. The number of rotatable bonds is 13. The van der Waals surface area contributed by atoms with Gasteiger partial charge in [0.05, 0.1) is 0 Å². The van der Waals surface area contributed by atoms with Gasteiger partial charge in [-0.2, -0.15) is 0 Å². The number of ether oxygens (including phenoxy) is 5. The molecule has 1 heterocycles. The normalized spacial score (nSPS) is 24.1. The van der Waals surface area contributed by atoms with Crippen LogP contribution >= 0.6 is 11.8 Å². The first-order valence-electron chi connectivity index (χ1n) is 13.4. The molecule has 1 saturated heterocycles. The smallest absolute Gasteiger partial charge is 0.303 e. The van der Waals surface area contributed by atoms with Crippen LogP contribution < -0.4 is 0 Å². The van der Waals surface area contributed by atoms with Crippen LogP contribution in [0.3, 0.4) is 0 Å². The maximum Gasteiger partial charge on any atom is 0.303 e. The Kier molecular flexibility index (Phi) is 12.9. The average molecular weight is 539 g/mol. The van der Waals surface area contributed by atoms with Crippen molar-refractivity contribution < 1.29 is 33.3 Å². The van der Waals surface area contributed by atoms with Gasteiger partial charge >= 0.3 is 11.9 Å². The fraction of sp³-hybridized carbons (Fsp3) is 0.724. The van der Waals surface area contributed by atoms with Crippen molar-refractivity contribution in [2.45, 2.75) is 121 Å². The summed E-state index contributed by atoms with van der Waals surface area (Å²) >= 11 is 1.55. The van der Waals surface area contributed by atoms with Crippen LogP contribution in [-0.4, -0.2) is 61.6 Å². The lowest BCUT2D eigenvalue weighted by Crippen LogP contribution is -2.61. The summed E-state index contributed by atoms with van der Waals surface area (Å²) in [5.74, 6) is -0.819. The Morgan fingerprint density at radius 2 is 1.57 bits per heavy atom. The molecule has 210 valence electrons. The van der Waals surface area contributed by atoms with Crippen molar-refractivity contribution in [1.29, 1.82) is 0 Å². The zero-order valence-corrected chi connectivity index (χ0v) is 24.7.